The van der Waals surface area contributed by atoms with Gasteiger partial charge in [0.25, 0.3) is 0 Å². The third kappa shape index (κ3) is 2.52. The van der Waals surface area contributed by atoms with Crippen molar-refractivity contribution in [2.45, 2.75) is 6.10 Å². The number of halogens is 2. The average Bonchev–Trinajstić information content (AvgIpc) is 2.67. The molecule has 0 aromatic carbocycles. The molecule has 0 saturated heterocycles. The molecule has 1 unspecified atom stereocenters. The van der Waals surface area contributed by atoms with Crippen LogP contribution in [0.1, 0.15) is 17.4 Å². The number of aliphatic hydroxyl groups is 1. The summed E-state index contributed by atoms with van der Waals surface area (Å²) in [5.74, 6) is 0.262. The molecule has 2 aromatic rings. The van der Waals surface area contributed by atoms with Crippen molar-refractivity contribution in [1.82, 2.24) is 9.97 Å². The molecule has 0 aliphatic rings. The van der Waals surface area contributed by atoms with Gasteiger partial charge in [-0.05, 0) is 6.07 Å². The second kappa shape index (κ2) is 5.18. The van der Waals surface area contributed by atoms with E-state index in [-0.39, 0.29) is 5.88 Å². The Bertz CT molecular complexity index is 533. The van der Waals surface area contributed by atoms with Gasteiger partial charge in [-0.2, -0.15) is 0 Å². The van der Waals surface area contributed by atoms with Gasteiger partial charge in [0, 0.05) is 18.0 Å². The van der Waals surface area contributed by atoms with Crippen LogP contribution >= 0.6 is 34.5 Å². The highest BCUT2D eigenvalue weighted by atomic mass is 35.5. The minimum absolute atomic E-state index is 0.262. The van der Waals surface area contributed by atoms with Crippen molar-refractivity contribution in [3.63, 3.8) is 0 Å². The molecule has 17 heavy (non-hydrogen) atoms. The van der Waals surface area contributed by atoms with E-state index in [1.165, 1.54) is 30.8 Å². The van der Waals surface area contributed by atoms with Crippen LogP contribution in [0.15, 0.2) is 18.5 Å². The molecule has 0 fully saturated rings. The zero-order valence-corrected chi connectivity index (χ0v) is 11.1. The number of hydrogen-bond acceptors (Lipinski definition) is 5. The van der Waals surface area contributed by atoms with Gasteiger partial charge >= 0.3 is 0 Å². The normalized spacial score (nSPS) is 12.5. The first-order valence-corrected chi connectivity index (χ1v) is 6.18. The number of nitrogens with zero attached hydrogens (tertiary/aromatic N) is 2. The van der Waals surface area contributed by atoms with Gasteiger partial charge < -0.3 is 9.84 Å². The van der Waals surface area contributed by atoms with E-state index in [0.717, 1.165) is 0 Å². The standard InChI is InChI=1S/C10H8Cl2N2O2S/c1-16-10-7(13-2-3-14-10)8(15)5-4-6(11)17-9(5)12/h2-4,8,15H,1H3. The van der Waals surface area contributed by atoms with Crippen molar-refractivity contribution in [3.05, 3.63) is 38.4 Å². The van der Waals surface area contributed by atoms with Gasteiger partial charge in [-0.15, -0.1) is 11.3 Å². The van der Waals surface area contributed by atoms with E-state index in [1.54, 1.807) is 6.07 Å². The minimum atomic E-state index is -1.00. The van der Waals surface area contributed by atoms with Gasteiger partial charge in [0.05, 0.1) is 11.4 Å². The van der Waals surface area contributed by atoms with Crippen molar-refractivity contribution >= 4 is 34.5 Å². The summed E-state index contributed by atoms with van der Waals surface area (Å²) in [7, 11) is 1.46. The van der Waals surface area contributed by atoms with Crippen LogP contribution in [0.2, 0.25) is 8.67 Å². The summed E-state index contributed by atoms with van der Waals surface area (Å²) < 4.78 is 5.96. The maximum absolute atomic E-state index is 10.2. The SMILES string of the molecule is COc1nccnc1C(O)c1cc(Cl)sc1Cl. The van der Waals surface area contributed by atoms with Crippen molar-refractivity contribution in [2.75, 3.05) is 7.11 Å². The van der Waals surface area contributed by atoms with E-state index in [1.807, 2.05) is 0 Å². The van der Waals surface area contributed by atoms with E-state index in [4.69, 9.17) is 27.9 Å². The van der Waals surface area contributed by atoms with Crippen LogP contribution < -0.4 is 4.74 Å². The fourth-order valence-electron chi connectivity index (χ4n) is 1.37. The van der Waals surface area contributed by atoms with Gasteiger partial charge in [-0.25, -0.2) is 4.98 Å². The molecule has 4 nitrogen and oxygen atoms in total. The summed E-state index contributed by atoms with van der Waals surface area (Å²) in [6.45, 7) is 0. The molecule has 7 heteroatoms. The number of rotatable bonds is 3. The Morgan fingerprint density at radius 1 is 1.35 bits per heavy atom. The molecule has 0 aliphatic heterocycles. The quantitative estimate of drug-likeness (QED) is 0.944. The zero-order chi connectivity index (χ0) is 12.4. The third-order valence-corrected chi connectivity index (χ3v) is 3.64. The van der Waals surface area contributed by atoms with E-state index < -0.39 is 6.10 Å². The lowest BCUT2D eigenvalue weighted by molar-refractivity contribution is 0.208. The fourth-order valence-corrected chi connectivity index (χ4v) is 2.89. The van der Waals surface area contributed by atoms with E-state index in [2.05, 4.69) is 9.97 Å². The van der Waals surface area contributed by atoms with E-state index in [9.17, 15) is 5.11 Å². The van der Waals surface area contributed by atoms with Crippen molar-refractivity contribution < 1.29 is 9.84 Å². The topological polar surface area (TPSA) is 55.2 Å². The highest BCUT2D eigenvalue weighted by molar-refractivity contribution is 7.20. The van der Waals surface area contributed by atoms with E-state index in [0.29, 0.717) is 19.9 Å². The largest absolute Gasteiger partial charge is 0.480 e. The number of thiophene rings is 1. The molecule has 0 bridgehead atoms. The average molecular weight is 291 g/mol. The van der Waals surface area contributed by atoms with Crippen LogP contribution in [-0.2, 0) is 0 Å². The predicted octanol–water partition coefficient (Wildman–Crippen LogP) is 2.94. The third-order valence-electron chi connectivity index (χ3n) is 2.12. The van der Waals surface area contributed by atoms with Gasteiger partial charge in [0.1, 0.15) is 16.1 Å². The maximum Gasteiger partial charge on any atom is 0.238 e. The van der Waals surface area contributed by atoms with E-state index >= 15 is 0 Å². The summed E-state index contributed by atoms with van der Waals surface area (Å²) in [5, 5.41) is 10.2. The Morgan fingerprint density at radius 2 is 2.06 bits per heavy atom. The Hall–Kier alpha value is -0.880. The lowest BCUT2D eigenvalue weighted by Crippen LogP contribution is -2.05. The molecule has 0 spiro atoms. The number of aliphatic hydroxyl groups excluding tert-OH is 1. The molecule has 2 aromatic heterocycles. The summed E-state index contributed by atoms with van der Waals surface area (Å²) in [5.41, 5.74) is 0.812. The first-order chi connectivity index (χ1) is 8.13. The summed E-state index contributed by atoms with van der Waals surface area (Å²) in [6, 6.07) is 1.60. The van der Waals surface area contributed by atoms with Gasteiger partial charge in [0.2, 0.25) is 5.88 Å². The molecule has 0 saturated carbocycles. The molecule has 0 amide bonds. The second-order valence-corrected chi connectivity index (χ2v) is 5.42. The van der Waals surface area contributed by atoms with Crippen LogP contribution in [0.3, 0.4) is 0 Å². The lowest BCUT2D eigenvalue weighted by atomic mass is 10.1. The second-order valence-electron chi connectivity index (χ2n) is 3.13. The number of aromatic nitrogens is 2. The number of methoxy groups -OCH3 is 1. The Morgan fingerprint density at radius 3 is 2.65 bits per heavy atom. The molecule has 2 rings (SSSR count). The molecular formula is C10H8Cl2N2O2S. The van der Waals surface area contributed by atoms with Gasteiger partial charge in [-0.1, -0.05) is 23.2 Å². The van der Waals surface area contributed by atoms with Crippen LogP contribution in [0.5, 0.6) is 5.88 Å². The highest BCUT2D eigenvalue weighted by Crippen LogP contribution is 2.38. The molecule has 0 radical (unpaired) electrons. The predicted molar refractivity (Wildman–Crippen MR) is 67.0 cm³/mol. The number of ether oxygens (including phenoxy) is 1. The van der Waals surface area contributed by atoms with Gasteiger partial charge in [0.15, 0.2) is 0 Å². The van der Waals surface area contributed by atoms with Crippen LogP contribution in [0.4, 0.5) is 0 Å². The number of hydrogen-bond donors (Lipinski definition) is 1. The van der Waals surface area contributed by atoms with Crippen molar-refractivity contribution in [1.29, 1.82) is 0 Å². The fraction of sp³-hybridized carbons (Fsp3) is 0.200. The summed E-state index contributed by atoms with van der Waals surface area (Å²) >= 11 is 13.0. The minimum Gasteiger partial charge on any atom is -0.480 e. The first kappa shape index (κ1) is 12.6. The lowest BCUT2D eigenvalue weighted by Gasteiger charge is -2.11. The smallest absolute Gasteiger partial charge is 0.238 e. The zero-order valence-electron chi connectivity index (χ0n) is 8.72. The molecule has 90 valence electrons. The summed E-state index contributed by atoms with van der Waals surface area (Å²) in [6.07, 6.45) is 1.95. The molecular weight excluding hydrogens is 283 g/mol. The van der Waals surface area contributed by atoms with Crippen LogP contribution in [0, 0.1) is 0 Å². The molecule has 1 N–H and O–H groups in total. The van der Waals surface area contributed by atoms with Crippen molar-refractivity contribution in [2.24, 2.45) is 0 Å². The monoisotopic (exact) mass is 290 g/mol. The Labute approximate surface area is 112 Å². The molecule has 0 aliphatic carbocycles. The Balaban J connectivity index is 2.43. The summed E-state index contributed by atoms with van der Waals surface area (Å²) in [4.78, 5) is 8.00. The maximum atomic E-state index is 10.2. The van der Waals surface area contributed by atoms with Crippen LogP contribution in [0.25, 0.3) is 0 Å². The first-order valence-electron chi connectivity index (χ1n) is 4.61. The Kier molecular flexibility index (Phi) is 3.83. The highest BCUT2D eigenvalue weighted by Gasteiger charge is 2.22. The van der Waals surface area contributed by atoms with Gasteiger partial charge in [-0.3, -0.25) is 4.98 Å². The van der Waals surface area contributed by atoms with Crippen LogP contribution in [-0.4, -0.2) is 22.2 Å². The van der Waals surface area contributed by atoms with Crippen molar-refractivity contribution in [3.8, 4) is 5.88 Å². The molecule has 1 atom stereocenters. The molecule has 2 heterocycles.